The Kier molecular flexibility index (Phi) is 8.58. The molecule has 4 saturated carbocycles. The number of carboxylic acid groups (broad SMARTS) is 1. The van der Waals surface area contributed by atoms with E-state index in [1.807, 2.05) is 0 Å². The third-order valence-corrected chi connectivity index (χ3v) is 14.4. The summed E-state index contributed by atoms with van der Waals surface area (Å²) in [6.07, 6.45) is 6.92. The SMILES string of the molecule is CC1CCC2(C(=O)O)CCC3C(=CCC4C3(C)CCC3C4(C)CC[C@@H](C(O)C(C(O)CO)C(O)C(C)O)C3(C)C)C2C1. The van der Waals surface area contributed by atoms with E-state index in [1.54, 1.807) is 0 Å². The summed E-state index contributed by atoms with van der Waals surface area (Å²) in [6, 6.07) is 0. The Hall–Kier alpha value is -0.990. The highest BCUT2D eigenvalue weighted by Crippen LogP contribution is 2.72. The van der Waals surface area contributed by atoms with E-state index in [9.17, 15) is 35.4 Å². The molecule has 7 heteroatoms. The molecule has 5 aliphatic carbocycles. The Morgan fingerprint density at radius 2 is 1.55 bits per heavy atom. The molecule has 14 atom stereocenters. The Bertz CT molecular complexity index is 1050. The summed E-state index contributed by atoms with van der Waals surface area (Å²) in [6.45, 7) is 12.6. The maximum atomic E-state index is 12.7. The maximum absolute atomic E-state index is 12.7. The third-order valence-electron chi connectivity index (χ3n) is 14.4. The van der Waals surface area contributed by atoms with Crippen LogP contribution in [0, 0.1) is 63.1 Å². The number of rotatable bonds is 7. The molecule has 7 nitrogen and oxygen atoms in total. The van der Waals surface area contributed by atoms with Crippen molar-refractivity contribution in [2.24, 2.45) is 63.1 Å². The van der Waals surface area contributed by atoms with E-state index in [0.717, 1.165) is 64.2 Å². The summed E-state index contributed by atoms with van der Waals surface area (Å²) in [5.41, 5.74) is 0.728. The molecule has 0 aromatic rings. The molecule has 0 aromatic carbocycles. The van der Waals surface area contributed by atoms with E-state index < -0.39 is 48.3 Å². The highest BCUT2D eigenvalue weighted by molar-refractivity contribution is 5.76. The van der Waals surface area contributed by atoms with Gasteiger partial charge >= 0.3 is 5.97 Å². The van der Waals surface area contributed by atoms with Gasteiger partial charge in [-0.2, -0.15) is 0 Å². The summed E-state index contributed by atoms with van der Waals surface area (Å²) >= 11 is 0. The Balaban J connectivity index is 1.45. The Morgan fingerprint density at radius 3 is 2.17 bits per heavy atom. The van der Waals surface area contributed by atoms with Crippen molar-refractivity contribution >= 4 is 5.97 Å². The van der Waals surface area contributed by atoms with Crippen LogP contribution in [0.2, 0.25) is 0 Å². The molecule has 5 rings (SSSR count). The molecular formula is C35H58O7. The van der Waals surface area contributed by atoms with Crippen molar-refractivity contribution < 1.29 is 35.4 Å². The molecule has 0 radical (unpaired) electrons. The zero-order valence-corrected chi connectivity index (χ0v) is 26.8. The average Bonchev–Trinajstić information content (AvgIpc) is 2.91. The molecule has 0 aliphatic heterocycles. The van der Waals surface area contributed by atoms with Gasteiger partial charge in [-0.3, -0.25) is 4.79 Å². The number of aliphatic hydroxyl groups excluding tert-OH is 5. The van der Waals surface area contributed by atoms with Crippen molar-refractivity contribution in [2.45, 2.75) is 130 Å². The number of fused-ring (bicyclic) bond motifs is 7. The average molecular weight is 591 g/mol. The first kappa shape index (κ1) is 32.4. The number of hydrogen-bond acceptors (Lipinski definition) is 6. The van der Waals surface area contributed by atoms with E-state index in [1.165, 1.54) is 12.5 Å². The Labute approximate surface area is 252 Å². The van der Waals surface area contributed by atoms with E-state index in [2.05, 4.69) is 40.7 Å². The van der Waals surface area contributed by atoms with E-state index in [0.29, 0.717) is 23.7 Å². The van der Waals surface area contributed by atoms with Crippen LogP contribution in [0.5, 0.6) is 0 Å². The fourth-order valence-electron chi connectivity index (χ4n) is 12.2. The van der Waals surface area contributed by atoms with Gasteiger partial charge in [0.15, 0.2) is 0 Å². The molecule has 6 N–H and O–H groups in total. The highest BCUT2D eigenvalue weighted by atomic mass is 16.4. The van der Waals surface area contributed by atoms with Crippen LogP contribution < -0.4 is 0 Å². The topological polar surface area (TPSA) is 138 Å². The van der Waals surface area contributed by atoms with Gasteiger partial charge in [0.25, 0.3) is 0 Å². The third kappa shape index (κ3) is 4.66. The van der Waals surface area contributed by atoms with Crippen LogP contribution >= 0.6 is 0 Å². The largest absolute Gasteiger partial charge is 0.481 e. The fourth-order valence-corrected chi connectivity index (χ4v) is 12.2. The van der Waals surface area contributed by atoms with Crippen LogP contribution in [0.15, 0.2) is 11.6 Å². The number of aliphatic carboxylic acids is 1. The first-order valence-electron chi connectivity index (χ1n) is 16.8. The number of aliphatic hydroxyl groups is 5. The van der Waals surface area contributed by atoms with Crippen LogP contribution in [0.1, 0.15) is 106 Å². The summed E-state index contributed by atoms with van der Waals surface area (Å²) in [5.74, 6) is 0.117. The summed E-state index contributed by atoms with van der Waals surface area (Å²) < 4.78 is 0. The minimum Gasteiger partial charge on any atom is -0.481 e. The van der Waals surface area contributed by atoms with Crippen molar-refractivity contribution in [3.63, 3.8) is 0 Å². The second-order valence-corrected chi connectivity index (χ2v) is 16.6. The predicted octanol–water partition coefficient (Wildman–Crippen LogP) is 4.78. The van der Waals surface area contributed by atoms with Crippen molar-refractivity contribution in [2.75, 3.05) is 6.61 Å². The van der Waals surface area contributed by atoms with Crippen molar-refractivity contribution in [3.05, 3.63) is 11.6 Å². The molecule has 0 spiro atoms. The normalized spacial score (nSPS) is 46.4. The van der Waals surface area contributed by atoms with E-state index in [-0.39, 0.29) is 28.1 Å². The summed E-state index contributed by atoms with van der Waals surface area (Å²) in [7, 11) is 0. The van der Waals surface area contributed by atoms with Crippen LogP contribution in [0.3, 0.4) is 0 Å². The van der Waals surface area contributed by atoms with Crippen molar-refractivity contribution in [1.29, 1.82) is 0 Å². The molecule has 13 unspecified atom stereocenters. The number of hydrogen-bond donors (Lipinski definition) is 6. The molecule has 0 heterocycles. The molecule has 5 aliphatic rings. The van der Waals surface area contributed by atoms with Crippen LogP contribution in [0.25, 0.3) is 0 Å². The van der Waals surface area contributed by atoms with Gasteiger partial charge in [0, 0.05) is 5.92 Å². The molecule has 0 saturated heterocycles. The molecule has 42 heavy (non-hydrogen) atoms. The number of carboxylic acids is 1. The lowest BCUT2D eigenvalue weighted by atomic mass is 9.36. The number of allylic oxidation sites excluding steroid dienone is 2. The van der Waals surface area contributed by atoms with Crippen molar-refractivity contribution in [3.8, 4) is 0 Å². The lowest BCUT2D eigenvalue weighted by Gasteiger charge is -2.68. The summed E-state index contributed by atoms with van der Waals surface area (Å²) in [5, 5.41) is 63.4. The zero-order valence-electron chi connectivity index (χ0n) is 26.8. The summed E-state index contributed by atoms with van der Waals surface area (Å²) in [4.78, 5) is 12.7. The van der Waals surface area contributed by atoms with Gasteiger partial charge in [0.1, 0.15) is 0 Å². The van der Waals surface area contributed by atoms with Gasteiger partial charge in [0.2, 0.25) is 0 Å². The quantitative estimate of drug-likeness (QED) is 0.235. The van der Waals surface area contributed by atoms with Gasteiger partial charge < -0.3 is 30.6 Å². The van der Waals surface area contributed by atoms with Gasteiger partial charge in [-0.15, -0.1) is 0 Å². The monoisotopic (exact) mass is 590 g/mol. The van der Waals surface area contributed by atoms with E-state index >= 15 is 0 Å². The second-order valence-electron chi connectivity index (χ2n) is 16.6. The van der Waals surface area contributed by atoms with Gasteiger partial charge in [-0.1, -0.05) is 46.3 Å². The Morgan fingerprint density at radius 1 is 0.905 bits per heavy atom. The standard InChI is InChI=1S/C35H58O7/c1-19-9-15-35(31(41)42)16-11-22-21(24(35)17-19)7-8-27-33(22,5)14-12-26-32(3,4)23(10-13-34(26,27)6)30(40)28(25(38)18-36)29(39)20(2)37/h7,19-20,22-30,36-40H,8-18H2,1-6H3,(H,41,42)/t19?,20?,22?,23-,24?,25?,26?,27?,28?,29?,30?,33?,34?,35?/m0/s1. The van der Waals surface area contributed by atoms with Crippen LogP contribution in [-0.4, -0.2) is 67.6 Å². The predicted molar refractivity (Wildman–Crippen MR) is 161 cm³/mol. The van der Waals surface area contributed by atoms with Crippen molar-refractivity contribution in [1.82, 2.24) is 0 Å². The molecule has 0 aromatic heterocycles. The van der Waals surface area contributed by atoms with Crippen LogP contribution in [0.4, 0.5) is 0 Å². The zero-order chi connectivity index (χ0) is 31.0. The number of carbonyl (C=O) groups is 1. The van der Waals surface area contributed by atoms with E-state index in [4.69, 9.17) is 0 Å². The molecule has 0 bridgehead atoms. The lowest BCUT2D eigenvalue weighted by molar-refractivity contribution is -0.202. The minimum absolute atomic E-state index is 0.0456. The molecular weight excluding hydrogens is 532 g/mol. The van der Waals surface area contributed by atoms with Gasteiger partial charge in [-0.25, -0.2) is 0 Å². The second kappa shape index (κ2) is 11.1. The molecule has 4 fully saturated rings. The molecule has 240 valence electrons. The fraction of sp³-hybridized carbons (Fsp3) is 0.914. The van der Waals surface area contributed by atoms with Gasteiger partial charge in [0.05, 0.1) is 36.4 Å². The maximum Gasteiger partial charge on any atom is 0.310 e. The lowest BCUT2D eigenvalue weighted by Crippen LogP contribution is -2.63. The molecule has 0 amide bonds. The first-order valence-corrected chi connectivity index (χ1v) is 16.8. The first-order chi connectivity index (χ1) is 19.6. The van der Waals surface area contributed by atoms with Crippen LogP contribution in [-0.2, 0) is 4.79 Å². The van der Waals surface area contributed by atoms with Gasteiger partial charge in [-0.05, 0) is 123 Å². The minimum atomic E-state index is -1.34. The highest BCUT2D eigenvalue weighted by Gasteiger charge is 2.66. The smallest absolute Gasteiger partial charge is 0.310 e.